The molecule has 0 spiro atoms. The third kappa shape index (κ3) is 5.22. The number of carbonyl (C=O) groups excluding carboxylic acids is 3. The van der Waals surface area contributed by atoms with Crippen molar-refractivity contribution >= 4 is 17.8 Å². The minimum atomic E-state index is -1.13. The lowest BCUT2D eigenvalue weighted by Crippen LogP contribution is -2.49. The Morgan fingerprint density at radius 1 is 1.30 bits per heavy atom. The van der Waals surface area contributed by atoms with Crippen molar-refractivity contribution in [2.45, 2.75) is 25.8 Å². The van der Waals surface area contributed by atoms with E-state index < -0.39 is 48.0 Å². The Bertz CT molecular complexity index is 705. The smallest absolute Gasteiger partial charge is 0.331 e. The molecule has 0 aromatic heterocycles. The summed E-state index contributed by atoms with van der Waals surface area (Å²) < 4.78 is 31.5. The minimum absolute atomic E-state index is 0.131. The largest absolute Gasteiger partial charge is 0.464 e. The van der Waals surface area contributed by atoms with Crippen molar-refractivity contribution in [3.8, 4) is 0 Å². The highest BCUT2D eigenvalue weighted by atomic mass is 19.1. The first-order valence-electron chi connectivity index (χ1n) is 8.69. The summed E-state index contributed by atoms with van der Waals surface area (Å²) in [7, 11) is 0. The Kier molecular flexibility index (Phi) is 7.23. The molecule has 1 fully saturated rings. The molecule has 1 atom stereocenters. The third-order valence-corrected chi connectivity index (χ3v) is 4.38. The first kappa shape index (κ1) is 20.8. The summed E-state index contributed by atoms with van der Waals surface area (Å²) in [6.45, 7) is 1.61. The predicted octanol–water partition coefficient (Wildman–Crippen LogP) is 0.857. The van der Waals surface area contributed by atoms with Crippen LogP contribution in [-0.4, -0.2) is 60.1 Å². The highest BCUT2D eigenvalue weighted by molar-refractivity contribution is 5.94. The van der Waals surface area contributed by atoms with Crippen LogP contribution in [0.3, 0.4) is 0 Å². The Morgan fingerprint density at radius 2 is 1.96 bits per heavy atom. The van der Waals surface area contributed by atoms with Gasteiger partial charge in [0.1, 0.15) is 11.6 Å². The normalized spacial score (nSPS) is 15.9. The molecule has 9 heteroatoms. The highest BCUT2D eigenvalue weighted by Gasteiger charge is 2.31. The van der Waals surface area contributed by atoms with Gasteiger partial charge in [-0.3, -0.25) is 9.59 Å². The third-order valence-electron chi connectivity index (χ3n) is 4.38. The van der Waals surface area contributed by atoms with Crippen LogP contribution >= 0.6 is 0 Å². The summed E-state index contributed by atoms with van der Waals surface area (Å²) in [6.07, 6.45) is 0.642. The van der Waals surface area contributed by atoms with Crippen LogP contribution in [0.25, 0.3) is 0 Å². The molecule has 2 N–H and O–H groups in total. The van der Waals surface area contributed by atoms with Crippen LogP contribution in [0.5, 0.6) is 0 Å². The van der Waals surface area contributed by atoms with E-state index in [-0.39, 0.29) is 25.3 Å². The number of piperidine rings is 1. The topological polar surface area (TPSA) is 95.9 Å². The Morgan fingerprint density at radius 3 is 2.52 bits per heavy atom. The van der Waals surface area contributed by atoms with Crippen LogP contribution in [0.1, 0.15) is 30.1 Å². The molecule has 1 aromatic carbocycles. The lowest BCUT2D eigenvalue weighted by atomic mass is 9.95. The van der Waals surface area contributed by atoms with Crippen molar-refractivity contribution in [1.82, 2.24) is 10.2 Å². The Hall–Kier alpha value is -2.55. The lowest BCUT2D eigenvalue weighted by molar-refractivity contribution is -0.149. The first-order valence-corrected chi connectivity index (χ1v) is 8.69. The number of halogens is 2. The molecular weight excluding hydrogens is 362 g/mol. The van der Waals surface area contributed by atoms with Crippen LogP contribution in [0.2, 0.25) is 0 Å². The van der Waals surface area contributed by atoms with Gasteiger partial charge in [-0.05, 0) is 31.9 Å². The van der Waals surface area contributed by atoms with Crippen LogP contribution in [0.15, 0.2) is 18.2 Å². The molecule has 7 nitrogen and oxygen atoms in total. The Labute approximate surface area is 155 Å². The number of carbonyl (C=O) groups is 3. The molecule has 0 saturated carbocycles. The molecule has 1 aliphatic rings. The number of hydrogen-bond donors (Lipinski definition) is 2. The fraction of sp³-hybridized carbons (Fsp3) is 0.500. The number of esters is 1. The molecule has 2 amide bonds. The second kappa shape index (κ2) is 9.40. The number of nitrogens with zero attached hydrogens (tertiary/aromatic N) is 1. The van der Waals surface area contributed by atoms with Gasteiger partial charge in [0.05, 0.1) is 18.8 Å². The van der Waals surface area contributed by atoms with Gasteiger partial charge in [0.15, 0.2) is 6.04 Å². The standard InChI is InChI=1S/C18H22F2N2O5/c1-2-27-18(26)15(10-23)21-16(24)11-5-7-22(8-6-11)17(25)13-4-3-12(19)9-14(13)20/h3-4,9,11,15,23H,2,5-8,10H2,1H3,(H,21,24)/t15-/m1/s1. The van der Waals surface area contributed by atoms with Crippen molar-refractivity contribution in [2.24, 2.45) is 5.92 Å². The maximum absolute atomic E-state index is 13.8. The monoisotopic (exact) mass is 384 g/mol. The average molecular weight is 384 g/mol. The number of ether oxygens (including phenoxy) is 1. The predicted molar refractivity (Wildman–Crippen MR) is 90.6 cm³/mol. The van der Waals surface area contributed by atoms with Gasteiger partial charge >= 0.3 is 5.97 Å². The van der Waals surface area contributed by atoms with E-state index in [9.17, 15) is 28.3 Å². The summed E-state index contributed by atoms with van der Waals surface area (Å²) in [4.78, 5) is 37.7. The minimum Gasteiger partial charge on any atom is -0.464 e. The number of amides is 2. The van der Waals surface area contributed by atoms with Crippen molar-refractivity contribution < 1.29 is 33.0 Å². The van der Waals surface area contributed by atoms with Gasteiger partial charge in [-0.25, -0.2) is 13.6 Å². The van der Waals surface area contributed by atoms with E-state index in [1.807, 2.05) is 0 Å². The molecule has 1 aromatic rings. The number of aliphatic hydroxyl groups excluding tert-OH is 1. The van der Waals surface area contributed by atoms with Crippen molar-refractivity contribution in [2.75, 3.05) is 26.3 Å². The molecule has 1 heterocycles. The maximum atomic E-state index is 13.8. The van der Waals surface area contributed by atoms with Crippen LogP contribution < -0.4 is 5.32 Å². The molecule has 0 radical (unpaired) electrons. The van der Waals surface area contributed by atoms with Crippen LogP contribution in [-0.2, 0) is 14.3 Å². The summed E-state index contributed by atoms with van der Waals surface area (Å²) in [5, 5.41) is 11.7. The van der Waals surface area contributed by atoms with Gasteiger partial charge < -0.3 is 20.1 Å². The van der Waals surface area contributed by atoms with Crippen molar-refractivity contribution in [3.05, 3.63) is 35.4 Å². The molecule has 0 unspecified atom stereocenters. The van der Waals surface area contributed by atoms with E-state index in [0.717, 1.165) is 12.1 Å². The number of aliphatic hydroxyl groups is 1. The van der Waals surface area contributed by atoms with Gasteiger partial charge in [-0.1, -0.05) is 0 Å². The van der Waals surface area contributed by atoms with Crippen molar-refractivity contribution in [1.29, 1.82) is 0 Å². The molecular formula is C18H22F2N2O5. The molecule has 1 aliphatic heterocycles. The number of hydrogen-bond acceptors (Lipinski definition) is 5. The van der Waals surface area contributed by atoms with E-state index >= 15 is 0 Å². The molecule has 0 aliphatic carbocycles. The summed E-state index contributed by atoms with van der Waals surface area (Å²) in [5.74, 6) is -3.84. The van der Waals surface area contributed by atoms with Gasteiger partial charge in [0.25, 0.3) is 5.91 Å². The second-order valence-corrected chi connectivity index (χ2v) is 6.19. The quantitative estimate of drug-likeness (QED) is 0.710. The van der Waals surface area contributed by atoms with Crippen LogP contribution in [0.4, 0.5) is 8.78 Å². The molecule has 27 heavy (non-hydrogen) atoms. The average Bonchev–Trinajstić information content (AvgIpc) is 2.65. The zero-order valence-electron chi connectivity index (χ0n) is 14.9. The zero-order chi connectivity index (χ0) is 20.0. The number of nitrogens with one attached hydrogen (secondary N) is 1. The molecule has 0 bridgehead atoms. The van der Waals surface area contributed by atoms with E-state index in [0.29, 0.717) is 18.9 Å². The number of benzene rings is 1. The summed E-state index contributed by atoms with van der Waals surface area (Å²) >= 11 is 0. The number of rotatable bonds is 6. The second-order valence-electron chi connectivity index (χ2n) is 6.19. The van der Waals surface area contributed by atoms with Gasteiger partial charge in [0.2, 0.25) is 5.91 Å². The fourth-order valence-electron chi connectivity index (χ4n) is 2.89. The van der Waals surface area contributed by atoms with Gasteiger partial charge in [-0.15, -0.1) is 0 Å². The molecule has 1 saturated heterocycles. The molecule has 2 rings (SSSR count). The van der Waals surface area contributed by atoms with E-state index in [1.165, 1.54) is 4.90 Å². The summed E-state index contributed by atoms with van der Waals surface area (Å²) in [5.41, 5.74) is -0.220. The molecule has 148 valence electrons. The number of likely N-dealkylation sites (tertiary alicyclic amines) is 1. The first-order chi connectivity index (χ1) is 12.9. The van der Waals surface area contributed by atoms with Crippen LogP contribution in [0, 0.1) is 17.6 Å². The van der Waals surface area contributed by atoms with E-state index in [1.54, 1.807) is 6.92 Å². The van der Waals surface area contributed by atoms with Crippen molar-refractivity contribution in [3.63, 3.8) is 0 Å². The SMILES string of the molecule is CCOC(=O)[C@@H](CO)NC(=O)C1CCN(C(=O)c2ccc(F)cc2F)CC1. The Balaban J connectivity index is 1.91. The highest BCUT2D eigenvalue weighted by Crippen LogP contribution is 2.21. The van der Waals surface area contributed by atoms with Gasteiger partial charge in [0, 0.05) is 25.1 Å². The zero-order valence-corrected chi connectivity index (χ0v) is 14.9. The maximum Gasteiger partial charge on any atom is 0.331 e. The van der Waals surface area contributed by atoms with Gasteiger partial charge in [-0.2, -0.15) is 0 Å². The fourth-order valence-corrected chi connectivity index (χ4v) is 2.89. The lowest BCUT2D eigenvalue weighted by Gasteiger charge is -2.32. The van der Waals surface area contributed by atoms with E-state index in [4.69, 9.17) is 4.74 Å². The van der Waals surface area contributed by atoms with E-state index in [2.05, 4.69) is 5.32 Å². The summed E-state index contributed by atoms with van der Waals surface area (Å²) in [6, 6.07) is 1.63.